The van der Waals surface area contributed by atoms with Crippen molar-refractivity contribution in [1.82, 2.24) is 9.88 Å². The predicted octanol–water partition coefficient (Wildman–Crippen LogP) is 5.56. The lowest BCUT2D eigenvalue weighted by Gasteiger charge is -2.40. The monoisotopic (exact) mass is 375 g/mol. The maximum Gasteiger partial charge on any atom is 0.416 e. The lowest BCUT2D eigenvalue weighted by atomic mass is 9.94. The van der Waals surface area contributed by atoms with Crippen molar-refractivity contribution in [2.24, 2.45) is 0 Å². The van der Waals surface area contributed by atoms with E-state index in [1.54, 1.807) is 11.1 Å². The quantitative estimate of drug-likeness (QED) is 0.653. The van der Waals surface area contributed by atoms with Gasteiger partial charge >= 0.3 is 6.09 Å². The van der Waals surface area contributed by atoms with Crippen LogP contribution in [0, 0.1) is 0 Å². The van der Waals surface area contributed by atoms with Gasteiger partial charge in [0.05, 0.1) is 0 Å². The van der Waals surface area contributed by atoms with E-state index in [0.717, 1.165) is 37.2 Å². The highest BCUT2D eigenvalue weighted by Gasteiger charge is 2.32. The van der Waals surface area contributed by atoms with Crippen LogP contribution in [0.25, 0.3) is 0 Å². The fourth-order valence-electron chi connectivity index (χ4n) is 3.72. The molecule has 0 aliphatic carbocycles. The molecule has 1 fully saturated rings. The summed E-state index contributed by atoms with van der Waals surface area (Å²) in [5.74, 6) is 0.762. The largest absolute Gasteiger partial charge is 0.443 e. The molecule has 1 aromatic heterocycles. The first-order valence-corrected chi connectivity index (χ1v) is 10.5. The molecule has 1 atom stereocenters. The number of piperidine rings is 1. The summed E-state index contributed by atoms with van der Waals surface area (Å²) in [5.41, 5.74) is 0.624. The molecule has 1 aliphatic rings. The van der Waals surface area contributed by atoms with Crippen molar-refractivity contribution >= 4 is 11.9 Å². The Bertz CT molecular complexity index is 610. The molecule has 0 N–H and O–H groups in total. The number of rotatable bonds is 6. The van der Waals surface area contributed by atoms with E-state index in [2.05, 4.69) is 36.7 Å². The molecule has 5 heteroatoms. The first kappa shape index (κ1) is 21.7. The Kier molecular flexibility index (Phi) is 7.66. The molecule has 0 spiro atoms. The molecule has 5 nitrogen and oxygen atoms in total. The highest BCUT2D eigenvalue weighted by molar-refractivity contribution is 5.87. The molecule has 27 heavy (non-hydrogen) atoms. The van der Waals surface area contributed by atoms with Gasteiger partial charge in [-0.1, -0.05) is 25.8 Å². The number of nitrogens with zero attached hydrogens (tertiary/aromatic N) is 3. The molecule has 0 aromatic carbocycles. The topological polar surface area (TPSA) is 45.7 Å². The van der Waals surface area contributed by atoms with Crippen LogP contribution in [0.3, 0.4) is 0 Å². The second-order valence-electron chi connectivity index (χ2n) is 8.74. The smallest absolute Gasteiger partial charge is 0.416 e. The molecular formula is C22H37N3O2. The van der Waals surface area contributed by atoms with Gasteiger partial charge in [-0.25, -0.2) is 9.78 Å². The number of anilines is 1. The Hall–Kier alpha value is -1.62. The molecule has 0 bridgehead atoms. The molecule has 1 amide bonds. The van der Waals surface area contributed by atoms with Crippen LogP contribution in [-0.4, -0.2) is 40.7 Å². The predicted molar refractivity (Wildman–Crippen MR) is 111 cm³/mol. The number of unbranched alkanes of at least 4 members (excludes halogenated alkanes) is 1. The zero-order valence-electron chi connectivity index (χ0n) is 18.0. The summed E-state index contributed by atoms with van der Waals surface area (Å²) in [4.78, 5) is 21.9. The third-order valence-corrected chi connectivity index (χ3v) is 4.99. The fourth-order valence-corrected chi connectivity index (χ4v) is 3.72. The Morgan fingerprint density at radius 3 is 2.74 bits per heavy atom. The van der Waals surface area contributed by atoms with Gasteiger partial charge in [0.1, 0.15) is 11.4 Å². The summed E-state index contributed by atoms with van der Waals surface area (Å²) in [6.45, 7) is 14.1. The Morgan fingerprint density at radius 1 is 1.37 bits per heavy atom. The lowest BCUT2D eigenvalue weighted by molar-refractivity contribution is 0.0577. The standard InChI is InChI=1S/C22H37N3O2/c1-7-8-15-25(21(26)27-22(4,5)6)20-18(12-11-14-23-20)19-13-9-10-16-24(19)17(2)3/h11-12,14,17,19H,7-10,13,15-16H2,1-6H3. The maximum absolute atomic E-state index is 13.0. The number of carbonyl (C=O) groups excluding carboxylic acids is 1. The van der Waals surface area contributed by atoms with Crippen LogP contribution in [0.5, 0.6) is 0 Å². The van der Waals surface area contributed by atoms with Crippen molar-refractivity contribution in [3.63, 3.8) is 0 Å². The van der Waals surface area contributed by atoms with Crippen LogP contribution >= 0.6 is 0 Å². The van der Waals surface area contributed by atoms with Crippen LogP contribution < -0.4 is 4.90 Å². The fraction of sp³-hybridized carbons (Fsp3) is 0.727. The van der Waals surface area contributed by atoms with Gasteiger partial charge in [-0.2, -0.15) is 0 Å². The second-order valence-corrected chi connectivity index (χ2v) is 8.74. The van der Waals surface area contributed by atoms with Gasteiger partial charge in [0, 0.05) is 30.4 Å². The summed E-state index contributed by atoms with van der Waals surface area (Å²) in [6.07, 6.45) is 6.97. The summed E-state index contributed by atoms with van der Waals surface area (Å²) >= 11 is 0. The zero-order valence-corrected chi connectivity index (χ0v) is 18.0. The minimum absolute atomic E-state index is 0.300. The van der Waals surface area contributed by atoms with E-state index in [9.17, 15) is 4.79 Å². The zero-order chi connectivity index (χ0) is 20.0. The molecule has 0 radical (unpaired) electrons. The number of carbonyl (C=O) groups is 1. The Morgan fingerprint density at radius 2 is 2.11 bits per heavy atom. The van der Waals surface area contributed by atoms with Gasteiger partial charge in [0.2, 0.25) is 0 Å². The van der Waals surface area contributed by atoms with Gasteiger partial charge in [-0.3, -0.25) is 9.80 Å². The number of hydrogen-bond donors (Lipinski definition) is 0. The van der Waals surface area contributed by atoms with E-state index in [1.165, 1.54) is 12.8 Å². The van der Waals surface area contributed by atoms with Crippen molar-refractivity contribution in [3.05, 3.63) is 23.9 Å². The third-order valence-electron chi connectivity index (χ3n) is 4.99. The first-order chi connectivity index (χ1) is 12.7. The normalized spacial score (nSPS) is 18.6. The molecule has 152 valence electrons. The number of pyridine rings is 1. The van der Waals surface area contributed by atoms with E-state index < -0.39 is 5.60 Å². The summed E-state index contributed by atoms with van der Waals surface area (Å²) in [6, 6.07) is 4.89. The van der Waals surface area contributed by atoms with Crippen LogP contribution in [0.4, 0.5) is 10.6 Å². The van der Waals surface area contributed by atoms with Crippen molar-refractivity contribution in [2.75, 3.05) is 18.0 Å². The van der Waals surface area contributed by atoms with Crippen molar-refractivity contribution in [1.29, 1.82) is 0 Å². The van der Waals surface area contributed by atoms with Gasteiger partial charge in [0.25, 0.3) is 0 Å². The van der Waals surface area contributed by atoms with Crippen LogP contribution in [0.1, 0.15) is 85.3 Å². The molecule has 2 rings (SSSR count). The van der Waals surface area contributed by atoms with E-state index in [1.807, 2.05) is 26.8 Å². The average molecular weight is 376 g/mol. The van der Waals surface area contributed by atoms with Gasteiger partial charge in [0.15, 0.2) is 0 Å². The third kappa shape index (κ3) is 5.93. The molecule has 1 saturated heterocycles. The maximum atomic E-state index is 13.0. The van der Waals surface area contributed by atoms with E-state index >= 15 is 0 Å². The van der Waals surface area contributed by atoms with Crippen molar-refractivity contribution in [2.45, 2.75) is 91.3 Å². The number of aromatic nitrogens is 1. The first-order valence-electron chi connectivity index (χ1n) is 10.5. The molecule has 1 unspecified atom stereocenters. The molecule has 0 saturated carbocycles. The average Bonchev–Trinajstić information content (AvgIpc) is 2.61. The van der Waals surface area contributed by atoms with Crippen LogP contribution in [-0.2, 0) is 4.74 Å². The van der Waals surface area contributed by atoms with E-state index in [4.69, 9.17) is 4.74 Å². The van der Waals surface area contributed by atoms with Crippen LogP contribution in [0.15, 0.2) is 18.3 Å². The number of ether oxygens (including phenoxy) is 1. The lowest BCUT2D eigenvalue weighted by Crippen LogP contribution is -2.41. The Balaban J connectivity index is 2.39. The summed E-state index contributed by atoms with van der Waals surface area (Å²) < 4.78 is 5.70. The van der Waals surface area contributed by atoms with Gasteiger partial charge in [-0.15, -0.1) is 0 Å². The van der Waals surface area contributed by atoms with E-state index in [-0.39, 0.29) is 6.09 Å². The van der Waals surface area contributed by atoms with Gasteiger partial charge < -0.3 is 4.74 Å². The molecular weight excluding hydrogens is 338 g/mol. The second kappa shape index (κ2) is 9.54. The van der Waals surface area contributed by atoms with Crippen molar-refractivity contribution in [3.8, 4) is 0 Å². The Labute approximate surface area is 165 Å². The number of amides is 1. The summed E-state index contributed by atoms with van der Waals surface area (Å²) in [7, 11) is 0. The highest BCUT2D eigenvalue weighted by Crippen LogP contribution is 2.37. The molecule has 1 aliphatic heterocycles. The molecule has 1 aromatic rings. The SMILES string of the molecule is CCCCN(C(=O)OC(C)(C)C)c1ncccc1C1CCCCN1C(C)C. The van der Waals surface area contributed by atoms with Crippen molar-refractivity contribution < 1.29 is 9.53 Å². The summed E-state index contributed by atoms with van der Waals surface area (Å²) in [5, 5.41) is 0. The van der Waals surface area contributed by atoms with Crippen LogP contribution in [0.2, 0.25) is 0 Å². The van der Waals surface area contributed by atoms with Gasteiger partial charge in [-0.05, 0) is 66.5 Å². The highest BCUT2D eigenvalue weighted by atomic mass is 16.6. The molecule has 2 heterocycles. The number of likely N-dealkylation sites (tertiary alicyclic amines) is 1. The minimum Gasteiger partial charge on any atom is -0.443 e. The minimum atomic E-state index is -0.523. The van der Waals surface area contributed by atoms with E-state index in [0.29, 0.717) is 18.6 Å². The number of hydrogen-bond acceptors (Lipinski definition) is 4.